The molecule has 0 unspecified atom stereocenters. The molecule has 1 fully saturated rings. The van der Waals surface area contributed by atoms with Crippen LogP contribution in [0.4, 0.5) is 4.39 Å². The van der Waals surface area contributed by atoms with Crippen LogP contribution < -0.4 is 4.74 Å². The summed E-state index contributed by atoms with van der Waals surface area (Å²) in [6, 6.07) is 9.70. The molecule has 28 heavy (non-hydrogen) atoms. The Kier molecular flexibility index (Phi) is 6.19. The highest BCUT2D eigenvalue weighted by molar-refractivity contribution is 6.31. The second-order valence-electron chi connectivity index (χ2n) is 6.85. The molecular weight excluding hydrogens is 383 g/mol. The average Bonchev–Trinajstić information content (AvgIpc) is 2.68. The summed E-state index contributed by atoms with van der Waals surface area (Å²) < 4.78 is 19.6. The van der Waals surface area contributed by atoms with E-state index in [0.29, 0.717) is 37.0 Å². The Morgan fingerprint density at radius 2 is 1.71 bits per heavy atom. The summed E-state index contributed by atoms with van der Waals surface area (Å²) in [4.78, 5) is 28.1. The first-order chi connectivity index (χ1) is 13.3. The summed E-state index contributed by atoms with van der Waals surface area (Å²) in [5.74, 6) is -0.474. The van der Waals surface area contributed by atoms with E-state index in [2.05, 4.69) is 0 Å². The van der Waals surface area contributed by atoms with Crippen LogP contribution in [0.1, 0.15) is 21.5 Å². The van der Waals surface area contributed by atoms with Crippen molar-refractivity contribution in [3.05, 3.63) is 63.9 Å². The van der Waals surface area contributed by atoms with E-state index in [0.717, 1.165) is 11.1 Å². The third-order valence-electron chi connectivity index (χ3n) is 4.76. The standard InChI is InChI=1S/C21H22ClFN2O3/c1-14-3-6-19(15(2)11-14)28-13-20(26)24-7-9-25(10-8-24)21(27)17-12-16(22)4-5-18(17)23/h3-6,11-12H,7-10,13H2,1-2H3. The topological polar surface area (TPSA) is 49.9 Å². The van der Waals surface area contributed by atoms with Crippen molar-refractivity contribution in [2.45, 2.75) is 13.8 Å². The van der Waals surface area contributed by atoms with Crippen molar-refractivity contribution in [1.82, 2.24) is 9.80 Å². The number of rotatable bonds is 4. The van der Waals surface area contributed by atoms with Crippen molar-refractivity contribution in [1.29, 1.82) is 0 Å². The normalized spacial score (nSPS) is 14.1. The lowest BCUT2D eigenvalue weighted by atomic mass is 10.1. The Morgan fingerprint density at radius 3 is 2.39 bits per heavy atom. The minimum Gasteiger partial charge on any atom is -0.484 e. The van der Waals surface area contributed by atoms with Crippen LogP contribution >= 0.6 is 11.6 Å². The molecule has 0 spiro atoms. The molecule has 0 saturated carbocycles. The van der Waals surface area contributed by atoms with Crippen molar-refractivity contribution in [3.8, 4) is 5.75 Å². The van der Waals surface area contributed by atoms with Gasteiger partial charge in [0.1, 0.15) is 11.6 Å². The Hall–Kier alpha value is -2.60. The first kappa shape index (κ1) is 20.1. The van der Waals surface area contributed by atoms with E-state index >= 15 is 0 Å². The molecule has 148 valence electrons. The number of piperazine rings is 1. The molecule has 2 aromatic rings. The van der Waals surface area contributed by atoms with Gasteiger partial charge < -0.3 is 14.5 Å². The smallest absolute Gasteiger partial charge is 0.260 e. The van der Waals surface area contributed by atoms with Gasteiger partial charge in [0, 0.05) is 31.2 Å². The van der Waals surface area contributed by atoms with Crippen LogP contribution in [0, 0.1) is 19.7 Å². The number of carbonyl (C=O) groups excluding carboxylic acids is 2. The van der Waals surface area contributed by atoms with E-state index < -0.39 is 11.7 Å². The second kappa shape index (κ2) is 8.61. The van der Waals surface area contributed by atoms with Gasteiger partial charge in [0.05, 0.1) is 5.56 Å². The zero-order valence-corrected chi connectivity index (χ0v) is 16.6. The Bertz CT molecular complexity index is 895. The molecule has 1 saturated heterocycles. The van der Waals surface area contributed by atoms with Gasteiger partial charge in [0.2, 0.25) is 0 Å². The summed E-state index contributed by atoms with van der Waals surface area (Å²) in [5, 5.41) is 0.308. The maximum Gasteiger partial charge on any atom is 0.260 e. The van der Waals surface area contributed by atoms with Crippen molar-refractivity contribution >= 4 is 23.4 Å². The van der Waals surface area contributed by atoms with Gasteiger partial charge in [-0.3, -0.25) is 9.59 Å². The second-order valence-corrected chi connectivity index (χ2v) is 7.29. The van der Waals surface area contributed by atoms with Gasteiger partial charge in [0.25, 0.3) is 11.8 Å². The molecule has 0 bridgehead atoms. The van der Waals surface area contributed by atoms with Gasteiger partial charge >= 0.3 is 0 Å². The van der Waals surface area contributed by atoms with E-state index in [1.54, 1.807) is 4.90 Å². The third-order valence-corrected chi connectivity index (χ3v) is 5.00. The van der Waals surface area contributed by atoms with Gasteiger partial charge in [-0.1, -0.05) is 29.3 Å². The van der Waals surface area contributed by atoms with Gasteiger partial charge in [-0.05, 0) is 43.7 Å². The number of ether oxygens (including phenoxy) is 1. The molecule has 1 aliphatic rings. The maximum atomic E-state index is 13.9. The van der Waals surface area contributed by atoms with E-state index in [1.165, 1.54) is 23.1 Å². The fraction of sp³-hybridized carbons (Fsp3) is 0.333. The highest BCUT2D eigenvalue weighted by Crippen LogP contribution is 2.20. The van der Waals surface area contributed by atoms with Crippen molar-refractivity contribution in [2.24, 2.45) is 0 Å². The fourth-order valence-corrected chi connectivity index (χ4v) is 3.35. The number of hydrogen-bond acceptors (Lipinski definition) is 3. The van der Waals surface area contributed by atoms with Gasteiger partial charge in [-0.2, -0.15) is 0 Å². The zero-order valence-electron chi connectivity index (χ0n) is 15.9. The van der Waals surface area contributed by atoms with E-state index in [1.807, 2.05) is 32.0 Å². The van der Waals surface area contributed by atoms with Gasteiger partial charge in [-0.25, -0.2) is 4.39 Å². The molecule has 1 heterocycles. The predicted octanol–water partition coefficient (Wildman–Crippen LogP) is 3.46. The molecular formula is C21H22ClFN2O3. The molecule has 0 N–H and O–H groups in total. The molecule has 0 atom stereocenters. The van der Waals surface area contributed by atoms with E-state index in [-0.39, 0.29) is 18.1 Å². The molecule has 5 nitrogen and oxygen atoms in total. The van der Waals surface area contributed by atoms with Gasteiger partial charge in [-0.15, -0.1) is 0 Å². The number of hydrogen-bond donors (Lipinski definition) is 0. The fourth-order valence-electron chi connectivity index (χ4n) is 3.18. The molecule has 2 amide bonds. The number of carbonyl (C=O) groups is 2. The van der Waals surface area contributed by atoms with E-state index in [4.69, 9.17) is 16.3 Å². The summed E-state index contributed by atoms with van der Waals surface area (Å²) in [7, 11) is 0. The minimum atomic E-state index is -0.602. The number of nitrogens with zero attached hydrogens (tertiary/aromatic N) is 2. The lowest BCUT2D eigenvalue weighted by molar-refractivity contribution is -0.134. The van der Waals surface area contributed by atoms with Gasteiger partial charge in [0.15, 0.2) is 6.61 Å². The zero-order chi connectivity index (χ0) is 20.3. The maximum absolute atomic E-state index is 13.9. The number of amides is 2. The predicted molar refractivity (Wildman–Crippen MR) is 105 cm³/mol. The summed E-state index contributed by atoms with van der Waals surface area (Å²) >= 11 is 5.87. The first-order valence-electron chi connectivity index (χ1n) is 9.07. The molecule has 0 aromatic heterocycles. The van der Waals surface area contributed by atoms with Crippen molar-refractivity contribution in [2.75, 3.05) is 32.8 Å². The highest BCUT2D eigenvalue weighted by Gasteiger charge is 2.26. The Balaban J connectivity index is 1.53. The summed E-state index contributed by atoms with van der Waals surface area (Å²) in [6.45, 7) is 5.30. The van der Waals surface area contributed by atoms with Crippen LogP contribution in [0.15, 0.2) is 36.4 Å². The number of aryl methyl sites for hydroxylation is 2. The molecule has 0 aliphatic carbocycles. The summed E-state index contributed by atoms with van der Waals surface area (Å²) in [6.07, 6.45) is 0. The van der Waals surface area contributed by atoms with Crippen molar-refractivity contribution < 1.29 is 18.7 Å². The highest BCUT2D eigenvalue weighted by atomic mass is 35.5. The number of benzene rings is 2. The Morgan fingerprint density at radius 1 is 1.04 bits per heavy atom. The van der Waals surface area contributed by atoms with Crippen LogP contribution in [-0.4, -0.2) is 54.4 Å². The van der Waals surface area contributed by atoms with Crippen LogP contribution in [-0.2, 0) is 4.79 Å². The summed E-state index contributed by atoms with van der Waals surface area (Å²) in [5.41, 5.74) is 2.06. The molecule has 0 radical (unpaired) electrons. The van der Waals surface area contributed by atoms with Crippen LogP contribution in [0.25, 0.3) is 0 Å². The SMILES string of the molecule is Cc1ccc(OCC(=O)N2CCN(C(=O)c3cc(Cl)ccc3F)CC2)c(C)c1. The molecule has 2 aromatic carbocycles. The van der Waals surface area contributed by atoms with Crippen LogP contribution in [0.5, 0.6) is 5.75 Å². The molecule has 3 rings (SSSR count). The monoisotopic (exact) mass is 404 g/mol. The lowest BCUT2D eigenvalue weighted by Gasteiger charge is -2.34. The largest absolute Gasteiger partial charge is 0.484 e. The lowest BCUT2D eigenvalue weighted by Crippen LogP contribution is -2.51. The third kappa shape index (κ3) is 4.62. The van der Waals surface area contributed by atoms with Crippen molar-refractivity contribution in [3.63, 3.8) is 0 Å². The first-order valence-corrected chi connectivity index (χ1v) is 9.45. The number of halogens is 2. The van der Waals surface area contributed by atoms with Crippen LogP contribution in [0.3, 0.4) is 0 Å². The molecule has 1 aliphatic heterocycles. The van der Waals surface area contributed by atoms with Crippen LogP contribution in [0.2, 0.25) is 5.02 Å². The quantitative estimate of drug-likeness (QED) is 0.784. The minimum absolute atomic E-state index is 0.0505. The Labute approximate surface area is 168 Å². The van der Waals surface area contributed by atoms with E-state index in [9.17, 15) is 14.0 Å². The molecule has 7 heteroatoms. The average molecular weight is 405 g/mol.